The molecular weight excluding hydrogens is 366 g/mol. The van der Waals surface area contributed by atoms with Gasteiger partial charge < -0.3 is 5.32 Å². The van der Waals surface area contributed by atoms with Gasteiger partial charge >= 0.3 is 0 Å². The van der Waals surface area contributed by atoms with E-state index < -0.39 is 0 Å². The normalized spacial score (nSPS) is 10.7. The molecule has 0 aliphatic heterocycles. The van der Waals surface area contributed by atoms with Gasteiger partial charge in [-0.1, -0.05) is 23.7 Å². The van der Waals surface area contributed by atoms with Crippen LogP contribution in [0.3, 0.4) is 0 Å². The third-order valence-electron chi connectivity index (χ3n) is 3.92. The zero-order chi connectivity index (χ0) is 18.2. The number of hydrogen-bond donors (Lipinski definition) is 1. The number of pyridine rings is 1. The fourth-order valence-corrected chi connectivity index (χ4v) is 3.67. The molecule has 1 N–H and O–H groups in total. The van der Waals surface area contributed by atoms with E-state index in [0.29, 0.717) is 13.0 Å². The van der Waals surface area contributed by atoms with Crippen LogP contribution in [0.15, 0.2) is 54.2 Å². The molecule has 0 saturated carbocycles. The van der Waals surface area contributed by atoms with E-state index in [1.165, 1.54) is 0 Å². The van der Waals surface area contributed by atoms with Crippen LogP contribution in [-0.4, -0.2) is 22.4 Å². The molecule has 0 radical (unpaired) electrons. The molecule has 0 spiro atoms. The highest BCUT2D eigenvalue weighted by molar-refractivity contribution is 7.13. The molecule has 26 heavy (non-hydrogen) atoms. The summed E-state index contributed by atoms with van der Waals surface area (Å²) in [4.78, 5) is 20.7. The zero-order valence-electron chi connectivity index (χ0n) is 14.3. The molecule has 0 aliphatic rings. The highest BCUT2D eigenvalue weighted by Crippen LogP contribution is 2.22. The van der Waals surface area contributed by atoms with Crippen LogP contribution in [-0.2, 0) is 17.6 Å². The minimum atomic E-state index is 0.0785. The molecule has 134 valence electrons. The Labute approximate surface area is 162 Å². The van der Waals surface area contributed by atoms with Gasteiger partial charge in [0.1, 0.15) is 5.01 Å². The first-order valence-corrected chi connectivity index (χ1v) is 9.82. The van der Waals surface area contributed by atoms with Crippen LogP contribution in [0.25, 0.3) is 10.6 Å². The van der Waals surface area contributed by atoms with Gasteiger partial charge in [0.05, 0.1) is 5.69 Å². The average molecular weight is 386 g/mol. The number of nitrogens with zero attached hydrogens (tertiary/aromatic N) is 2. The molecule has 3 aromatic rings. The van der Waals surface area contributed by atoms with Gasteiger partial charge in [-0.3, -0.25) is 9.78 Å². The molecule has 1 aromatic carbocycles. The topological polar surface area (TPSA) is 54.9 Å². The van der Waals surface area contributed by atoms with Gasteiger partial charge in [-0.2, -0.15) is 0 Å². The van der Waals surface area contributed by atoms with Crippen molar-refractivity contribution in [3.8, 4) is 10.6 Å². The van der Waals surface area contributed by atoms with Crippen molar-refractivity contribution in [2.45, 2.75) is 25.7 Å². The number of benzene rings is 1. The van der Waals surface area contributed by atoms with E-state index in [9.17, 15) is 4.79 Å². The standard InChI is InChI=1S/C20H20ClN3OS/c21-17-7-1-4-15(12-17)5-2-8-19(25)23-11-9-18-14-26-20(24-18)16-6-3-10-22-13-16/h1,3-4,6-7,10,12-14H,2,5,8-9,11H2,(H,23,25). The Bertz CT molecular complexity index is 851. The Morgan fingerprint density at radius 2 is 2.12 bits per heavy atom. The number of aromatic nitrogens is 2. The minimum absolute atomic E-state index is 0.0785. The number of nitrogens with one attached hydrogen (secondary N) is 1. The van der Waals surface area contributed by atoms with Gasteiger partial charge in [-0.15, -0.1) is 11.3 Å². The number of aryl methyl sites for hydroxylation is 1. The Balaban J connectivity index is 1.37. The molecule has 0 saturated heterocycles. The molecule has 2 heterocycles. The lowest BCUT2D eigenvalue weighted by Crippen LogP contribution is -2.25. The van der Waals surface area contributed by atoms with Crippen LogP contribution >= 0.6 is 22.9 Å². The average Bonchev–Trinajstić information content (AvgIpc) is 3.11. The number of carbonyl (C=O) groups excluding carboxylic acids is 1. The number of thiazole rings is 1. The van der Waals surface area contributed by atoms with Gasteiger partial charge in [-0.05, 0) is 42.7 Å². The monoisotopic (exact) mass is 385 g/mol. The Morgan fingerprint density at radius 1 is 1.19 bits per heavy atom. The summed E-state index contributed by atoms with van der Waals surface area (Å²) in [7, 11) is 0. The summed E-state index contributed by atoms with van der Waals surface area (Å²) in [5.74, 6) is 0.0785. The Hall–Kier alpha value is -2.24. The highest BCUT2D eigenvalue weighted by atomic mass is 35.5. The number of rotatable bonds is 8. The molecule has 2 aromatic heterocycles. The van der Waals surface area contributed by atoms with Crippen molar-refractivity contribution >= 4 is 28.8 Å². The summed E-state index contributed by atoms with van der Waals surface area (Å²) in [6.07, 6.45) is 6.48. The van der Waals surface area contributed by atoms with Crippen LogP contribution in [0.2, 0.25) is 5.02 Å². The molecule has 0 aliphatic carbocycles. The van der Waals surface area contributed by atoms with E-state index >= 15 is 0 Å². The molecule has 0 bridgehead atoms. The van der Waals surface area contributed by atoms with Crippen LogP contribution < -0.4 is 5.32 Å². The molecule has 6 heteroatoms. The SMILES string of the molecule is O=C(CCCc1cccc(Cl)c1)NCCc1csc(-c2cccnc2)n1. The number of halogens is 1. The number of hydrogen-bond acceptors (Lipinski definition) is 4. The Kier molecular flexibility index (Phi) is 6.75. The van der Waals surface area contributed by atoms with Gasteiger partial charge in [0.15, 0.2) is 0 Å². The van der Waals surface area contributed by atoms with Crippen molar-refractivity contribution in [3.63, 3.8) is 0 Å². The summed E-state index contributed by atoms with van der Waals surface area (Å²) in [6, 6.07) is 11.7. The number of amides is 1. The van der Waals surface area contributed by atoms with Crippen molar-refractivity contribution in [1.82, 2.24) is 15.3 Å². The third-order valence-corrected chi connectivity index (χ3v) is 5.10. The highest BCUT2D eigenvalue weighted by Gasteiger charge is 2.06. The molecule has 0 unspecified atom stereocenters. The van der Waals surface area contributed by atoms with Crippen LogP contribution in [0, 0.1) is 0 Å². The van der Waals surface area contributed by atoms with Crippen LogP contribution in [0.4, 0.5) is 0 Å². The first-order chi connectivity index (χ1) is 12.7. The molecule has 1 amide bonds. The van der Waals surface area contributed by atoms with Crippen molar-refractivity contribution in [2.24, 2.45) is 0 Å². The fraction of sp³-hybridized carbons (Fsp3) is 0.250. The molecule has 4 nitrogen and oxygen atoms in total. The van der Waals surface area contributed by atoms with E-state index in [1.807, 2.05) is 48.0 Å². The third kappa shape index (κ3) is 5.64. The zero-order valence-corrected chi connectivity index (χ0v) is 15.9. The first kappa shape index (κ1) is 18.5. The van der Waals surface area contributed by atoms with Gasteiger partial charge in [-0.25, -0.2) is 4.98 Å². The largest absolute Gasteiger partial charge is 0.356 e. The van der Waals surface area contributed by atoms with E-state index in [4.69, 9.17) is 11.6 Å². The van der Waals surface area contributed by atoms with Gasteiger partial charge in [0, 0.05) is 47.7 Å². The summed E-state index contributed by atoms with van der Waals surface area (Å²) in [5, 5.41) is 6.70. The minimum Gasteiger partial charge on any atom is -0.356 e. The van der Waals surface area contributed by atoms with E-state index in [-0.39, 0.29) is 5.91 Å². The summed E-state index contributed by atoms with van der Waals surface area (Å²) in [6.45, 7) is 0.603. The molecule has 0 atom stereocenters. The Morgan fingerprint density at radius 3 is 2.92 bits per heavy atom. The maximum Gasteiger partial charge on any atom is 0.220 e. The van der Waals surface area contributed by atoms with E-state index in [2.05, 4.69) is 15.3 Å². The second-order valence-electron chi connectivity index (χ2n) is 5.97. The maximum absolute atomic E-state index is 12.0. The van der Waals surface area contributed by atoms with E-state index in [1.54, 1.807) is 17.5 Å². The smallest absolute Gasteiger partial charge is 0.220 e. The van der Waals surface area contributed by atoms with Gasteiger partial charge in [0.2, 0.25) is 5.91 Å². The van der Waals surface area contributed by atoms with Crippen molar-refractivity contribution in [2.75, 3.05) is 6.54 Å². The second-order valence-corrected chi connectivity index (χ2v) is 7.26. The maximum atomic E-state index is 12.0. The molecular formula is C20H20ClN3OS. The molecule has 0 fully saturated rings. The number of carbonyl (C=O) groups is 1. The van der Waals surface area contributed by atoms with Gasteiger partial charge in [0.25, 0.3) is 0 Å². The quantitative estimate of drug-likeness (QED) is 0.619. The lowest BCUT2D eigenvalue weighted by molar-refractivity contribution is -0.121. The predicted molar refractivity (Wildman–Crippen MR) is 106 cm³/mol. The lowest BCUT2D eigenvalue weighted by atomic mass is 10.1. The van der Waals surface area contributed by atoms with Crippen LogP contribution in [0.5, 0.6) is 0 Å². The first-order valence-electron chi connectivity index (χ1n) is 8.56. The van der Waals surface area contributed by atoms with Crippen molar-refractivity contribution in [3.05, 3.63) is 70.5 Å². The van der Waals surface area contributed by atoms with E-state index in [0.717, 1.165) is 46.1 Å². The van der Waals surface area contributed by atoms with Crippen molar-refractivity contribution < 1.29 is 4.79 Å². The summed E-state index contributed by atoms with van der Waals surface area (Å²) in [5.41, 5.74) is 3.18. The lowest BCUT2D eigenvalue weighted by Gasteiger charge is -2.05. The second kappa shape index (κ2) is 9.46. The summed E-state index contributed by atoms with van der Waals surface area (Å²) >= 11 is 7.57. The fourth-order valence-electron chi connectivity index (χ4n) is 2.61. The molecule has 3 rings (SSSR count). The summed E-state index contributed by atoms with van der Waals surface area (Å²) < 4.78 is 0. The predicted octanol–water partition coefficient (Wildman–Crippen LogP) is 4.54. The van der Waals surface area contributed by atoms with Crippen LogP contribution in [0.1, 0.15) is 24.1 Å². The van der Waals surface area contributed by atoms with Crippen molar-refractivity contribution in [1.29, 1.82) is 0 Å².